The molecule has 1 aromatic heterocycles. The number of thiophene rings is 1. The number of alkyl halides is 2. The number of hydrogen-bond acceptors (Lipinski definition) is 3. The zero-order valence-electron chi connectivity index (χ0n) is 14.0. The smallest absolute Gasteiger partial charge is 0.174 e. The molecule has 26 heavy (non-hydrogen) atoms. The van der Waals surface area contributed by atoms with Crippen LogP contribution in [0.15, 0.2) is 66.0 Å². The highest BCUT2D eigenvalue weighted by Crippen LogP contribution is 2.77. The molecule has 0 unspecified atom stereocenters. The maximum Gasteiger partial charge on any atom is 0.174 e. The third-order valence-electron chi connectivity index (χ3n) is 5.47. The Morgan fingerprint density at radius 1 is 1.00 bits per heavy atom. The Labute approximate surface area is 166 Å². The number of para-hydroxylation sites is 1. The summed E-state index contributed by atoms with van der Waals surface area (Å²) >= 11 is 15.5. The Morgan fingerprint density at radius 2 is 1.77 bits per heavy atom. The van der Waals surface area contributed by atoms with Crippen LogP contribution in [-0.4, -0.2) is 11.4 Å². The van der Waals surface area contributed by atoms with Crippen LogP contribution in [0, 0.1) is 5.92 Å². The van der Waals surface area contributed by atoms with E-state index in [4.69, 9.17) is 32.7 Å². The van der Waals surface area contributed by atoms with Crippen LogP contribution in [-0.2, 0) is 5.60 Å². The van der Waals surface area contributed by atoms with E-state index in [2.05, 4.69) is 23.6 Å². The first-order chi connectivity index (χ1) is 12.6. The van der Waals surface area contributed by atoms with Crippen LogP contribution in [0.1, 0.15) is 21.9 Å². The van der Waals surface area contributed by atoms with Crippen molar-refractivity contribution in [1.29, 1.82) is 0 Å². The molecule has 0 bridgehead atoms. The summed E-state index contributed by atoms with van der Waals surface area (Å²) in [6.45, 7) is 0. The summed E-state index contributed by atoms with van der Waals surface area (Å²) in [5.41, 5.74) is 1.36. The number of benzene rings is 2. The molecule has 0 radical (unpaired) electrons. The van der Waals surface area contributed by atoms with Gasteiger partial charge in [0, 0.05) is 16.4 Å². The fourth-order valence-electron chi connectivity index (χ4n) is 4.22. The first kappa shape index (κ1) is 16.5. The molecule has 0 spiro atoms. The molecule has 2 aromatic carbocycles. The van der Waals surface area contributed by atoms with E-state index in [0.717, 1.165) is 22.6 Å². The van der Waals surface area contributed by atoms with E-state index in [0.29, 0.717) is 0 Å². The lowest BCUT2D eigenvalue weighted by molar-refractivity contribution is 0.138. The molecule has 132 valence electrons. The molecule has 0 amide bonds. The molecular weight excluding hydrogens is 387 g/mol. The van der Waals surface area contributed by atoms with Crippen molar-refractivity contribution in [3.05, 3.63) is 82.0 Å². The van der Waals surface area contributed by atoms with Crippen molar-refractivity contribution in [2.24, 2.45) is 5.92 Å². The van der Waals surface area contributed by atoms with Gasteiger partial charge < -0.3 is 9.47 Å². The Morgan fingerprint density at radius 3 is 2.46 bits per heavy atom. The van der Waals surface area contributed by atoms with Gasteiger partial charge in [-0.25, -0.2) is 0 Å². The van der Waals surface area contributed by atoms with Crippen LogP contribution in [0.2, 0.25) is 0 Å². The van der Waals surface area contributed by atoms with Gasteiger partial charge in [0.2, 0.25) is 0 Å². The largest absolute Gasteiger partial charge is 0.497 e. The van der Waals surface area contributed by atoms with Crippen LogP contribution < -0.4 is 9.47 Å². The second-order valence-corrected chi connectivity index (χ2v) is 9.06. The van der Waals surface area contributed by atoms with Crippen molar-refractivity contribution in [1.82, 2.24) is 0 Å². The van der Waals surface area contributed by atoms with Crippen molar-refractivity contribution in [3.63, 3.8) is 0 Å². The molecule has 2 aliphatic rings. The molecule has 3 aromatic rings. The average molecular weight is 403 g/mol. The van der Waals surface area contributed by atoms with Gasteiger partial charge in [0.25, 0.3) is 0 Å². The number of ether oxygens (including phenoxy) is 2. The normalized spacial score (nSPS) is 27.8. The van der Waals surface area contributed by atoms with E-state index < -0.39 is 9.93 Å². The molecule has 1 fully saturated rings. The Hall–Kier alpha value is -1.68. The number of fused-ring (bicyclic) bond motifs is 2. The quantitative estimate of drug-likeness (QED) is 0.501. The van der Waals surface area contributed by atoms with Crippen LogP contribution in [0.3, 0.4) is 0 Å². The number of rotatable bonds is 3. The van der Waals surface area contributed by atoms with E-state index >= 15 is 0 Å². The van der Waals surface area contributed by atoms with E-state index in [1.165, 1.54) is 4.88 Å². The first-order valence-corrected chi connectivity index (χ1v) is 10.1. The van der Waals surface area contributed by atoms with Gasteiger partial charge in [-0.2, -0.15) is 0 Å². The minimum absolute atomic E-state index is 0.0553. The second-order valence-electron chi connectivity index (χ2n) is 6.70. The molecule has 1 aliphatic heterocycles. The number of halogens is 2. The Bertz CT molecular complexity index is 952. The highest BCUT2D eigenvalue weighted by molar-refractivity contribution is 7.10. The average Bonchev–Trinajstić information content (AvgIpc) is 3.02. The predicted octanol–water partition coefficient (Wildman–Crippen LogP) is 5.98. The van der Waals surface area contributed by atoms with Crippen molar-refractivity contribution in [2.45, 2.75) is 15.9 Å². The molecule has 2 heterocycles. The van der Waals surface area contributed by atoms with Gasteiger partial charge in [-0.15, -0.1) is 11.3 Å². The van der Waals surface area contributed by atoms with Crippen LogP contribution in [0.4, 0.5) is 0 Å². The van der Waals surface area contributed by atoms with Crippen LogP contribution in [0.25, 0.3) is 0 Å². The van der Waals surface area contributed by atoms with Crippen LogP contribution in [0.5, 0.6) is 11.5 Å². The topological polar surface area (TPSA) is 18.5 Å². The molecular formula is C21H16Cl2O2S. The lowest BCUT2D eigenvalue weighted by Gasteiger charge is -2.31. The lowest BCUT2D eigenvalue weighted by Crippen LogP contribution is -2.28. The number of methoxy groups -OCH3 is 1. The lowest BCUT2D eigenvalue weighted by atomic mass is 9.86. The highest BCUT2D eigenvalue weighted by Gasteiger charge is 2.83. The van der Waals surface area contributed by atoms with Gasteiger partial charge in [0.05, 0.1) is 13.0 Å². The highest BCUT2D eigenvalue weighted by atomic mass is 35.5. The van der Waals surface area contributed by atoms with E-state index in [-0.39, 0.29) is 11.8 Å². The van der Waals surface area contributed by atoms with E-state index in [1.807, 2.05) is 42.5 Å². The monoisotopic (exact) mass is 402 g/mol. The fraction of sp³-hybridized carbons (Fsp3) is 0.238. The maximum atomic E-state index is 6.89. The molecule has 2 nitrogen and oxygen atoms in total. The molecule has 0 N–H and O–H groups in total. The first-order valence-electron chi connectivity index (χ1n) is 8.43. The van der Waals surface area contributed by atoms with Crippen molar-refractivity contribution < 1.29 is 9.47 Å². The summed E-state index contributed by atoms with van der Waals surface area (Å²) < 4.78 is 10.8. The van der Waals surface area contributed by atoms with Crippen molar-refractivity contribution in [2.75, 3.05) is 7.11 Å². The zero-order chi connectivity index (χ0) is 17.9. The van der Waals surface area contributed by atoms with Crippen molar-refractivity contribution in [3.8, 4) is 11.5 Å². The zero-order valence-corrected chi connectivity index (χ0v) is 16.3. The summed E-state index contributed by atoms with van der Waals surface area (Å²) in [6, 6.07) is 20.2. The third-order valence-corrected chi connectivity index (χ3v) is 7.45. The molecule has 5 rings (SSSR count). The van der Waals surface area contributed by atoms with Gasteiger partial charge >= 0.3 is 0 Å². The van der Waals surface area contributed by atoms with Gasteiger partial charge in [-0.3, -0.25) is 0 Å². The summed E-state index contributed by atoms with van der Waals surface area (Å²) in [5.74, 6) is 1.70. The summed E-state index contributed by atoms with van der Waals surface area (Å²) in [7, 11) is 1.65. The Kier molecular flexibility index (Phi) is 3.59. The molecule has 3 atom stereocenters. The van der Waals surface area contributed by atoms with Gasteiger partial charge in [0.1, 0.15) is 11.5 Å². The van der Waals surface area contributed by atoms with Gasteiger partial charge in [-0.1, -0.05) is 59.6 Å². The van der Waals surface area contributed by atoms with Gasteiger partial charge in [-0.05, 0) is 35.2 Å². The number of hydrogen-bond donors (Lipinski definition) is 0. The second kappa shape index (κ2) is 5.66. The van der Waals surface area contributed by atoms with E-state index in [1.54, 1.807) is 18.4 Å². The fourth-order valence-corrected chi connectivity index (χ4v) is 6.08. The predicted molar refractivity (Wildman–Crippen MR) is 106 cm³/mol. The third kappa shape index (κ3) is 2.05. The summed E-state index contributed by atoms with van der Waals surface area (Å²) in [5, 5.41) is 2.09. The Balaban J connectivity index is 1.70. The van der Waals surface area contributed by atoms with E-state index in [9.17, 15) is 0 Å². The maximum absolute atomic E-state index is 6.89. The van der Waals surface area contributed by atoms with Crippen molar-refractivity contribution >= 4 is 34.5 Å². The molecule has 0 saturated heterocycles. The minimum Gasteiger partial charge on any atom is -0.497 e. The molecule has 5 heteroatoms. The van der Waals surface area contributed by atoms with Crippen LogP contribution >= 0.6 is 34.5 Å². The molecule has 1 saturated carbocycles. The molecule has 1 aliphatic carbocycles. The SMILES string of the molecule is COc1ccc([C@@]23Oc4ccccc4[C@@H](c4cccs4)[C@H]2C3(Cl)Cl)cc1. The summed E-state index contributed by atoms with van der Waals surface area (Å²) in [6.07, 6.45) is 0. The standard InChI is InChI=1S/C21H16Cl2O2S/c1-24-14-10-8-13(9-11-14)20-19(21(20,22)23)18(17-7-4-12-26-17)15-5-2-3-6-16(15)25-20/h2-12,18-19H,1H3/t18-,19+,20+/m0/s1. The van der Waals surface area contributed by atoms with Gasteiger partial charge in [0.15, 0.2) is 9.93 Å². The summed E-state index contributed by atoms with van der Waals surface area (Å²) in [4.78, 5) is 1.26. The minimum atomic E-state index is -1.00.